The van der Waals surface area contributed by atoms with Crippen molar-refractivity contribution in [2.45, 2.75) is 25.7 Å². The standard InChI is InChI=1S/C13H17N3O2/c1-14-12(18)11-10(17)6-7-16-9-5-3-4-8(9)15(2)13(11)16/h3-7H2,1-2H3,(H,14,18). The molecule has 0 aromatic rings. The van der Waals surface area contributed by atoms with Crippen LogP contribution in [0.5, 0.6) is 0 Å². The smallest absolute Gasteiger partial charge is 0.258 e. The molecule has 0 aromatic carbocycles. The second kappa shape index (κ2) is 3.86. The lowest BCUT2D eigenvalue weighted by molar-refractivity contribution is -0.123. The van der Waals surface area contributed by atoms with Gasteiger partial charge in [0.2, 0.25) is 0 Å². The van der Waals surface area contributed by atoms with Crippen LogP contribution in [0.2, 0.25) is 0 Å². The second-order valence-electron chi connectivity index (χ2n) is 4.91. The van der Waals surface area contributed by atoms with E-state index >= 15 is 0 Å². The lowest BCUT2D eigenvalue weighted by Crippen LogP contribution is -2.39. The molecule has 0 saturated heterocycles. The van der Waals surface area contributed by atoms with Gasteiger partial charge < -0.3 is 15.1 Å². The number of nitrogens with zero attached hydrogens (tertiary/aromatic N) is 2. The number of ketones is 1. The minimum Gasteiger partial charge on any atom is -0.355 e. The Bertz CT molecular complexity index is 504. The Kier molecular flexibility index (Phi) is 2.43. The summed E-state index contributed by atoms with van der Waals surface area (Å²) in [5.74, 6) is 0.469. The van der Waals surface area contributed by atoms with E-state index in [0.29, 0.717) is 18.5 Å². The van der Waals surface area contributed by atoms with Crippen LogP contribution in [0, 0.1) is 0 Å². The lowest BCUT2D eigenvalue weighted by Gasteiger charge is -2.31. The number of likely N-dealkylation sites (N-methyl/N-ethyl adjacent to an activating group) is 1. The number of fused-ring (bicyclic) bond motifs is 2. The lowest BCUT2D eigenvalue weighted by atomic mass is 10.0. The average Bonchev–Trinajstić information content (AvgIpc) is 2.93. The Hall–Kier alpha value is -1.78. The third kappa shape index (κ3) is 1.33. The van der Waals surface area contributed by atoms with Gasteiger partial charge in [-0.15, -0.1) is 0 Å². The predicted molar refractivity (Wildman–Crippen MR) is 66.1 cm³/mol. The van der Waals surface area contributed by atoms with E-state index in [4.69, 9.17) is 0 Å². The van der Waals surface area contributed by atoms with Gasteiger partial charge in [-0.1, -0.05) is 0 Å². The Morgan fingerprint density at radius 1 is 1.22 bits per heavy atom. The maximum absolute atomic E-state index is 12.0. The molecule has 5 heteroatoms. The SMILES string of the molecule is CNC(=O)C1=C2N(C)C3=C(CCC3)N2CCC1=O. The highest BCUT2D eigenvalue weighted by Crippen LogP contribution is 2.43. The molecule has 1 aliphatic carbocycles. The highest BCUT2D eigenvalue weighted by Gasteiger charge is 2.41. The zero-order chi connectivity index (χ0) is 12.9. The molecule has 0 aromatic heterocycles. The van der Waals surface area contributed by atoms with Crippen LogP contribution in [0.3, 0.4) is 0 Å². The van der Waals surface area contributed by atoms with Crippen molar-refractivity contribution in [3.63, 3.8) is 0 Å². The van der Waals surface area contributed by atoms with E-state index < -0.39 is 0 Å². The van der Waals surface area contributed by atoms with Crippen molar-refractivity contribution >= 4 is 11.7 Å². The molecular weight excluding hydrogens is 230 g/mol. The van der Waals surface area contributed by atoms with Gasteiger partial charge in [0, 0.05) is 38.5 Å². The quantitative estimate of drug-likeness (QED) is 0.688. The molecule has 0 saturated carbocycles. The van der Waals surface area contributed by atoms with Gasteiger partial charge in [-0.25, -0.2) is 0 Å². The van der Waals surface area contributed by atoms with E-state index in [0.717, 1.165) is 18.7 Å². The van der Waals surface area contributed by atoms with Crippen LogP contribution >= 0.6 is 0 Å². The molecule has 96 valence electrons. The summed E-state index contributed by atoms with van der Waals surface area (Å²) < 4.78 is 0. The van der Waals surface area contributed by atoms with Crippen molar-refractivity contribution in [3.8, 4) is 0 Å². The van der Waals surface area contributed by atoms with Crippen molar-refractivity contribution in [2.24, 2.45) is 0 Å². The van der Waals surface area contributed by atoms with Crippen LogP contribution in [0.15, 0.2) is 22.8 Å². The maximum Gasteiger partial charge on any atom is 0.258 e. The minimum atomic E-state index is -0.271. The highest BCUT2D eigenvalue weighted by atomic mass is 16.2. The van der Waals surface area contributed by atoms with E-state index in [9.17, 15) is 9.59 Å². The summed E-state index contributed by atoms with van der Waals surface area (Å²) in [5, 5.41) is 2.57. The summed E-state index contributed by atoms with van der Waals surface area (Å²) >= 11 is 0. The van der Waals surface area contributed by atoms with Crippen molar-refractivity contribution in [3.05, 3.63) is 22.8 Å². The fourth-order valence-electron chi connectivity index (χ4n) is 3.16. The summed E-state index contributed by atoms with van der Waals surface area (Å²) in [5.41, 5.74) is 2.91. The highest BCUT2D eigenvalue weighted by molar-refractivity contribution is 6.20. The second-order valence-corrected chi connectivity index (χ2v) is 4.91. The Balaban J connectivity index is 2.11. The summed E-state index contributed by atoms with van der Waals surface area (Å²) in [4.78, 5) is 28.1. The molecule has 0 bridgehead atoms. The maximum atomic E-state index is 12.0. The Morgan fingerprint density at radius 3 is 2.67 bits per heavy atom. The average molecular weight is 247 g/mol. The van der Waals surface area contributed by atoms with E-state index in [2.05, 4.69) is 10.2 Å². The molecule has 1 N–H and O–H groups in total. The Labute approximate surface area is 106 Å². The van der Waals surface area contributed by atoms with Crippen LogP contribution in [0.1, 0.15) is 25.7 Å². The number of nitrogens with one attached hydrogen (secondary N) is 1. The minimum absolute atomic E-state index is 0.0476. The molecule has 18 heavy (non-hydrogen) atoms. The first-order valence-corrected chi connectivity index (χ1v) is 6.38. The number of carbonyl (C=O) groups excluding carboxylic acids is 2. The van der Waals surface area contributed by atoms with Gasteiger partial charge >= 0.3 is 0 Å². The molecule has 0 spiro atoms. The van der Waals surface area contributed by atoms with Crippen LogP contribution in [0.25, 0.3) is 0 Å². The molecular formula is C13H17N3O2. The van der Waals surface area contributed by atoms with Crippen LogP contribution in [0.4, 0.5) is 0 Å². The fourth-order valence-corrected chi connectivity index (χ4v) is 3.16. The van der Waals surface area contributed by atoms with Gasteiger partial charge in [-0.05, 0) is 19.3 Å². The third-order valence-electron chi connectivity index (χ3n) is 3.98. The summed E-state index contributed by atoms with van der Waals surface area (Å²) in [7, 11) is 3.52. The van der Waals surface area contributed by atoms with Crippen molar-refractivity contribution in [1.82, 2.24) is 15.1 Å². The molecule has 0 fully saturated rings. The largest absolute Gasteiger partial charge is 0.355 e. The van der Waals surface area contributed by atoms with Gasteiger partial charge in [0.25, 0.3) is 5.91 Å². The molecule has 3 rings (SSSR count). The third-order valence-corrected chi connectivity index (χ3v) is 3.98. The number of Topliss-reactive ketones (excluding diaryl/α,β-unsaturated/α-hetero) is 1. The van der Waals surface area contributed by atoms with Crippen molar-refractivity contribution < 1.29 is 9.59 Å². The van der Waals surface area contributed by atoms with Gasteiger partial charge in [-0.3, -0.25) is 9.59 Å². The van der Waals surface area contributed by atoms with E-state index in [1.807, 2.05) is 11.9 Å². The van der Waals surface area contributed by atoms with Crippen LogP contribution in [-0.4, -0.2) is 42.1 Å². The van der Waals surface area contributed by atoms with Crippen LogP contribution in [-0.2, 0) is 9.59 Å². The first kappa shape index (κ1) is 11.3. The topological polar surface area (TPSA) is 52.7 Å². The monoisotopic (exact) mass is 247 g/mol. The number of carbonyl (C=O) groups is 2. The van der Waals surface area contributed by atoms with E-state index in [1.54, 1.807) is 7.05 Å². The number of hydrogen-bond acceptors (Lipinski definition) is 4. The molecule has 0 radical (unpaired) electrons. The summed E-state index contributed by atoms with van der Waals surface area (Å²) in [6.45, 7) is 0.706. The van der Waals surface area contributed by atoms with Crippen molar-refractivity contribution in [1.29, 1.82) is 0 Å². The zero-order valence-corrected chi connectivity index (χ0v) is 10.7. The van der Waals surface area contributed by atoms with E-state index in [-0.39, 0.29) is 11.7 Å². The molecule has 0 unspecified atom stereocenters. The molecule has 2 heterocycles. The molecule has 1 amide bonds. The van der Waals surface area contributed by atoms with E-state index in [1.165, 1.54) is 17.8 Å². The van der Waals surface area contributed by atoms with Gasteiger partial charge in [0.05, 0.1) is 0 Å². The Morgan fingerprint density at radius 2 is 1.94 bits per heavy atom. The van der Waals surface area contributed by atoms with Gasteiger partial charge in [0.1, 0.15) is 11.4 Å². The number of amides is 1. The van der Waals surface area contributed by atoms with Gasteiger partial charge in [0.15, 0.2) is 5.78 Å². The molecule has 2 aliphatic heterocycles. The van der Waals surface area contributed by atoms with Crippen molar-refractivity contribution in [2.75, 3.05) is 20.6 Å². The zero-order valence-electron chi connectivity index (χ0n) is 10.7. The number of hydrogen-bond donors (Lipinski definition) is 1. The summed E-state index contributed by atoms with van der Waals surface area (Å²) in [6, 6.07) is 0. The predicted octanol–water partition coefficient (Wildman–Crippen LogP) is 0.560. The molecule has 5 nitrogen and oxygen atoms in total. The molecule has 3 aliphatic rings. The first-order chi connectivity index (χ1) is 8.65. The fraction of sp³-hybridized carbons (Fsp3) is 0.538. The van der Waals surface area contributed by atoms with Crippen LogP contribution < -0.4 is 5.32 Å². The van der Waals surface area contributed by atoms with Gasteiger partial charge in [-0.2, -0.15) is 0 Å². The normalized spacial score (nSPS) is 22.7. The summed E-state index contributed by atoms with van der Waals surface area (Å²) in [6.07, 6.45) is 3.69. The number of rotatable bonds is 1. The molecule has 0 atom stereocenters. The first-order valence-electron chi connectivity index (χ1n) is 6.38. The number of allylic oxidation sites excluding steroid dienone is 2.